The molecule has 0 aliphatic heterocycles. The molecule has 0 spiro atoms. The Hall–Kier alpha value is -1.50. The molecule has 0 saturated heterocycles. The topological polar surface area (TPSA) is 46.6 Å². The van der Waals surface area contributed by atoms with Gasteiger partial charge in [-0.2, -0.15) is 0 Å². The number of carbonyl (C=O) groups is 2. The Kier molecular flexibility index (Phi) is 6.61. The van der Waals surface area contributed by atoms with Crippen molar-refractivity contribution < 1.29 is 14.3 Å². The predicted octanol–water partition coefficient (Wildman–Crippen LogP) is 2.08. The fourth-order valence-electron chi connectivity index (χ4n) is 1.99. The second-order valence-corrected chi connectivity index (χ2v) is 6.11. The summed E-state index contributed by atoms with van der Waals surface area (Å²) in [5, 5.41) is 0. The molecule has 0 aromatic heterocycles. The summed E-state index contributed by atoms with van der Waals surface area (Å²) in [5.41, 5.74) is -0.410. The van der Waals surface area contributed by atoms with Crippen LogP contribution < -0.4 is 0 Å². The molecule has 0 aromatic rings. The van der Waals surface area contributed by atoms with E-state index in [1.165, 1.54) is 7.11 Å². The Bertz CT molecular complexity index is 361. The monoisotopic (exact) mass is 267 g/mol. The van der Waals surface area contributed by atoms with Crippen LogP contribution in [0.3, 0.4) is 0 Å². The average Bonchev–Trinajstić information content (AvgIpc) is 2.25. The number of nitrogens with zero attached hydrogens (tertiary/aromatic N) is 1. The Morgan fingerprint density at radius 3 is 2.16 bits per heavy atom. The average molecular weight is 267 g/mol. The second kappa shape index (κ2) is 7.18. The molecule has 4 nitrogen and oxygen atoms in total. The van der Waals surface area contributed by atoms with Crippen LogP contribution in [0.4, 0.5) is 0 Å². The number of rotatable bonds is 5. The van der Waals surface area contributed by atoms with Gasteiger partial charge in [0.05, 0.1) is 13.5 Å². The lowest BCUT2D eigenvalue weighted by atomic mass is 9.85. The summed E-state index contributed by atoms with van der Waals surface area (Å²) in [4.78, 5) is 25.7. The number of amides is 1. The molecule has 0 aliphatic rings. The van der Waals surface area contributed by atoms with Gasteiger partial charge < -0.3 is 9.64 Å². The Labute approximate surface area is 116 Å². The number of esters is 1. The van der Waals surface area contributed by atoms with Gasteiger partial charge in [-0.05, 0) is 11.3 Å². The second-order valence-electron chi connectivity index (χ2n) is 6.11. The standard InChI is InChI=1S/C15H25NO3/c1-8-9-12(17)16(10-11(2)3)13(14(18)19-7)15(4,5)6/h1,11,13H,9-10H2,2-7H3. The predicted molar refractivity (Wildman–Crippen MR) is 75.3 cm³/mol. The fourth-order valence-corrected chi connectivity index (χ4v) is 1.99. The van der Waals surface area contributed by atoms with Crippen LogP contribution in [-0.4, -0.2) is 36.5 Å². The lowest BCUT2D eigenvalue weighted by Crippen LogP contribution is -2.53. The van der Waals surface area contributed by atoms with Crippen LogP contribution in [0, 0.1) is 23.7 Å². The molecule has 0 aromatic carbocycles. The largest absolute Gasteiger partial charge is 0.467 e. The van der Waals surface area contributed by atoms with Gasteiger partial charge in [-0.3, -0.25) is 4.79 Å². The van der Waals surface area contributed by atoms with Gasteiger partial charge in [0.2, 0.25) is 5.91 Å². The molecule has 0 fully saturated rings. The smallest absolute Gasteiger partial charge is 0.329 e. The normalized spacial score (nSPS) is 12.7. The zero-order chi connectivity index (χ0) is 15.2. The molecule has 0 saturated carbocycles. The van der Waals surface area contributed by atoms with E-state index in [-0.39, 0.29) is 18.2 Å². The van der Waals surface area contributed by atoms with Crippen molar-refractivity contribution in [3.05, 3.63) is 0 Å². The number of ether oxygens (including phenoxy) is 1. The van der Waals surface area contributed by atoms with Gasteiger partial charge in [0.25, 0.3) is 0 Å². The van der Waals surface area contributed by atoms with Gasteiger partial charge in [-0.15, -0.1) is 6.42 Å². The van der Waals surface area contributed by atoms with Crippen molar-refractivity contribution in [2.45, 2.75) is 47.1 Å². The van der Waals surface area contributed by atoms with E-state index < -0.39 is 17.4 Å². The maximum atomic E-state index is 12.2. The van der Waals surface area contributed by atoms with Gasteiger partial charge in [-0.25, -0.2) is 4.79 Å². The molecule has 1 amide bonds. The van der Waals surface area contributed by atoms with E-state index in [1.54, 1.807) is 4.90 Å². The lowest BCUT2D eigenvalue weighted by Gasteiger charge is -2.38. The zero-order valence-electron chi connectivity index (χ0n) is 12.8. The summed E-state index contributed by atoms with van der Waals surface area (Å²) in [6.07, 6.45) is 5.20. The van der Waals surface area contributed by atoms with Gasteiger partial charge >= 0.3 is 5.97 Å². The number of hydrogen-bond acceptors (Lipinski definition) is 3. The van der Waals surface area contributed by atoms with E-state index in [4.69, 9.17) is 11.2 Å². The molecular weight excluding hydrogens is 242 g/mol. The van der Waals surface area contributed by atoms with Crippen molar-refractivity contribution in [3.8, 4) is 12.3 Å². The summed E-state index contributed by atoms with van der Waals surface area (Å²) >= 11 is 0. The van der Waals surface area contributed by atoms with Crippen LogP contribution in [0.15, 0.2) is 0 Å². The van der Waals surface area contributed by atoms with Crippen LogP contribution in [0.2, 0.25) is 0 Å². The van der Waals surface area contributed by atoms with Crippen LogP contribution >= 0.6 is 0 Å². The highest BCUT2D eigenvalue weighted by molar-refractivity contribution is 5.86. The minimum Gasteiger partial charge on any atom is -0.467 e. The van der Waals surface area contributed by atoms with Crippen molar-refractivity contribution in [2.24, 2.45) is 11.3 Å². The third kappa shape index (κ3) is 5.34. The summed E-state index contributed by atoms with van der Waals surface area (Å²) in [6.45, 7) is 10.2. The van der Waals surface area contributed by atoms with Gasteiger partial charge in [0.15, 0.2) is 0 Å². The van der Waals surface area contributed by atoms with Crippen LogP contribution in [0.25, 0.3) is 0 Å². The van der Waals surface area contributed by atoms with Crippen LogP contribution in [0.5, 0.6) is 0 Å². The first-order valence-corrected chi connectivity index (χ1v) is 6.45. The molecule has 19 heavy (non-hydrogen) atoms. The Morgan fingerprint density at radius 2 is 1.84 bits per heavy atom. The van der Waals surface area contributed by atoms with Crippen molar-refractivity contribution in [2.75, 3.05) is 13.7 Å². The van der Waals surface area contributed by atoms with Crippen molar-refractivity contribution in [1.29, 1.82) is 0 Å². The van der Waals surface area contributed by atoms with Crippen LogP contribution in [0.1, 0.15) is 41.0 Å². The van der Waals surface area contributed by atoms with Crippen molar-refractivity contribution in [1.82, 2.24) is 4.90 Å². The van der Waals surface area contributed by atoms with E-state index in [1.807, 2.05) is 34.6 Å². The summed E-state index contributed by atoms with van der Waals surface area (Å²) < 4.78 is 4.85. The number of methoxy groups -OCH3 is 1. The maximum absolute atomic E-state index is 12.2. The van der Waals surface area contributed by atoms with Crippen LogP contribution in [-0.2, 0) is 14.3 Å². The molecule has 0 heterocycles. The van der Waals surface area contributed by atoms with E-state index in [0.717, 1.165) is 0 Å². The number of carbonyl (C=O) groups excluding carboxylic acids is 2. The van der Waals surface area contributed by atoms with E-state index >= 15 is 0 Å². The van der Waals surface area contributed by atoms with Gasteiger partial charge in [-0.1, -0.05) is 40.5 Å². The molecule has 0 radical (unpaired) electrons. The molecule has 0 N–H and O–H groups in total. The lowest BCUT2D eigenvalue weighted by molar-refractivity contribution is -0.158. The molecule has 4 heteroatoms. The first kappa shape index (κ1) is 17.5. The Morgan fingerprint density at radius 1 is 1.32 bits per heavy atom. The maximum Gasteiger partial charge on any atom is 0.329 e. The molecule has 108 valence electrons. The molecule has 0 rings (SSSR count). The molecule has 1 unspecified atom stereocenters. The SMILES string of the molecule is C#CCC(=O)N(CC(C)C)C(C(=O)OC)C(C)(C)C. The third-order valence-electron chi connectivity index (χ3n) is 2.69. The fraction of sp³-hybridized carbons (Fsp3) is 0.733. The number of hydrogen-bond donors (Lipinski definition) is 0. The minimum absolute atomic E-state index is 0.00368. The number of terminal acetylenes is 1. The molecule has 0 bridgehead atoms. The first-order chi connectivity index (χ1) is 8.65. The third-order valence-corrected chi connectivity index (χ3v) is 2.69. The molecular formula is C15H25NO3. The first-order valence-electron chi connectivity index (χ1n) is 6.45. The Balaban J connectivity index is 5.43. The zero-order valence-corrected chi connectivity index (χ0v) is 12.8. The summed E-state index contributed by atoms with van der Waals surface area (Å²) in [7, 11) is 1.33. The molecule has 1 atom stereocenters. The highest BCUT2D eigenvalue weighted by Gasteiger charge is 2.39. The van der Waals surface area contributed by atoms with E-state index in [9.17, 15) is 9.59 Å². The molecule has 0 aliphatic carbocycles. The summed E-state index contributed by atoms with van der Waals surface area (Å²) in [5.74, 6) is 1.98. The minimum atomic E-state index is -0.624. The quantitative estimate of drug-likeness (QED) is 0.566. The van der Waals surface area contributed by atoms with E-state index in [2.05, 4.69) is 5.92 Å². The van der Waals surface area contributed by atoms with Crippen molar-refractivity contribution in [3.63, 3.8) is 0 Å². The highest BCUT2D eigenvalue weighted by atomic mass is 16.5. The van der Waals surface area contributed by atoms with Gasteiger partial charge in [0, 0.05) is 6.54 Å². The van der Waals surface area contributed by atoms with Crippen molar-refractivity contribution >= 4 is 11.9 Å². The highest BCUT2D eigenvalue weighted by Crippen LogP contribution is 2.27. The van der Waals surface area contributed by atoms with Gasteiger partial charge in [0.1, 0.15) is 6.04 Å². The van der Waals surface area contributed by atoms with E-state index in [0.29, 0.717) is 6.54 Å². The summed E-state index contributed by atoms with van der Waals surface area (Å²) in [6, 6.07) is -0.624.